The number of hydrogen-bond donors (Lipinski definition) is 2. The fourth-order valence-electron chi connectivity index (χ4n) is 1.82. The maximum atomic E-state index is 5.65. The molecule has 18 heavy (non-hydrogen) atoms. The van der Waals surface area contributed by atoms with Crippen molar-refractivity contribution in [2.75, 3.05) is 19.0 Å². The van der Waals surface area contributed by atoms with Crippen molar-refractivity contribution in [3.8, 4) is 0 Å². The number of anilines is 1. The summed E-state index contributed by atoms with van der Waals surface area (Å²) in [6, 6.07) is 6.33. The molecule has 1 atom stereocenters. The number of hydrogen-bond acceptors (Lipinski definition) is 3. The van der Waals surface area contributed by atoms with Gasteiger partial charge in [0.25, 0.3) is 0 Å². The van der Waals surface area contributed by atoms with E-state index >= 15 is 0 Å². The van der Waals surface area contributed by atoms with Gasteiger partial charge >= 0.3 is 0 Å². The molecule has 1 unspecified atom stereocenters. The van der Waals surface area contributed by atoms with Crippen molar-refractivity contribution in [1.29, 1.82) is 0 Å². The van der Waals surface area contributed by atoms with Gasteiger partial charge in [-0.2, -0.15) is 0 Å². The number of aryl methyl sites for hydroxylation is 1. The van der Waals surface area contributed by atoms with Gasteiger partial charge in [0.1, 0.15) is 4.99 Å². The number of rotatable bonds is 6. The molecule has 1 rings (SSSR count). The summed E-state index contributed by atoms with van der Waals surface area (Å²) in [6.07, 6.45) is 0. The van der Waals surface area contributed by atoms with Gasteiger partial charge < -0.3 is 15.8 Å². The monoisotopic (exact) mass is 266 g/mol. The Morgan fingerprint density at radius 3 is 2.56 bits per heavy atom. The predicted molar refractivity (Wildman–Crippen MR) is 81.2 cm³/mol. The minimum Gasteiger partial charge on any atom is -0.389 e. The molecule has 4 heteroatoms. The van der Waals surface area contributed by atoms with Crippen LogP contribution < -0.4 is 11.1 Å². The molecule has 0 saturated heterocycles. The zero-order valence-corrected chi connectivity index (χ0v) is 12.3. The second kappa shape index (κ2) is 6.71. The number of methoxy groups -OCH3 is 1. The van der Waals surface area contributed by atoms with Crippen molar-refractivity contribution >= 4 is 22.9 Å². The lowest BCUT2D eigenvalue weighted by Gasteiger charge is -2.23. The molecule has 1 aromatic carbocycles. The third-order valence-electron chi connectivity index (χ3n) is 2.99. The molecule has 3 N–H and O–H groups in total. The molecule has 0 amide bonds. The molecule has 0 aliphatic rings. The number of thiocarbonyl (C=S) groups is 1. The quantitative estimate of drug-likeness (QED) is 0.777. The molecule has 0 aromatic heterocycles. The third kappa shape index (κ3) is 3.96. The van der Waals surface area contributed by atoms with E-state index in [9.17, 15) is 0 Å². The second-order valence-corrected chi connectivity index (χ2v) is 5.28. The van der Waals surface area contributed by atoms with E-state index in [0.29, 0.717) is 23.6 Å². The summed E-state index contributed by atoms with van der Waals surface area (Å²) in [5, 5.41) is 3.48. The van der Waals surface area contributed by atoms with Crippen LogP contribution in [0.4, 0.5) is 5.69 Å². The highest BCUT2D eigenvalue weighted by Gasteiger charge is 2.13. The van der Waals surface area contributed by atoms with Crippen molar-refractivity contribution in [3.63, 3.8) is 0 Å². The molecule has 0 heterocycles. The Bertz CT molecular complexity index is 418. The normalized spacial score (nSPS) is 12.5. The van der Waals surface area contributed by atoms with Crippen molar-refractivity contribution in [2.45, 2.75) is 26.8 Å². The summed E-state index contributed by atoms with van der Waals surface area (Å²) in [5.74, 6) is 0.500. The van der Waals surface area contributed by atoms with Gasteiger partial charge in [0, 0.05) is 18.4 Å². The first kappa shape index (κ1) is 14.9. The highest BCUT2D eigenvalue weighted by atomic mass is 32.1. The molecule has 3 nitrogen and oxygen atoms in total. The van der Waals surface area contributed by atoms with E-state index in [1.54, 1.807) is 7.11 Å². The van der Waals surface area contributed by atoms with Crippen molar-refractivity contribution < 1.29 is 4.74 Å². The summed E-state index contributed by atoms with van der Waals surface area (Å²) >= 11 is 5.00. The first-order valence-corrected chi connectivity index (χ1v) is 6.52. The standard InChI is InChI=1S/C14H22N2OS/c1-9(2)13(8-17-4)16-11-5-6-12(14(15)18)10(3)7-11/h5-7,9,13,16H,8H2,1-4H3,(H2,15,18). The largest absolute Gasteiger partial charge is 0.389 e. The first-order chi connectivity index (χ1) is 8.45. The van der Waals surface area contributed by atoms with E-state index in [2.05, 4.69) is 25.2 Å². The molecule has 100 valence electrons. The molecule has 0 aliphatic heterocycles. The molecule has 0 radical (unpaired) electrons. The van der Waals surface area contributed by atoms with E-state index in [0.717, 1.165) is 16.8 Å². The molecule has 0 saturated carbocycles. The smallest absolute Gasteiger partial charge is 0.104 e. The fourth-order valence-corrected chi connectivity index (χ4v) is 2.05. The minimum atomic E-state index is 0.296. The lowest BCUT2D eigenvalue weighted by atomic mass is 10.0. The number of benzene rings is 1. The van der Waals surface area contributed by atoms with Gasteiger partial charge in [-0.1, -0.05) is 26.1 Å². The van der Waals surface area contributed by atoms with Crippen LogP contribution in [0.15, 0.2) is 18.2 Å². The maximum Gasteiger partial charge on any atom is 0.104 e. The van der Waals surface area contributed by atoms with Crippen LogP contribution in [-0.2, 0) is 4.74 Å². The predicted octanol–water partition coefficient (Wildman–Crippen LogP) is 2.71. The van der Waals surface area contributed by atoms with Gasteiger partial charge in [-0.25, -0.2) is 0 Å². The van der Waals surface area contributed by atoms with Gasteiger partial charge in [-0.15, -0.1) is 0 Å². The summed E-state index contributed by atoms with van der Waals surface area (Å²) in [4.78, 5) is 0.441. The van der Waals surface area contributed by atoms with E-state index in [1.165, 1.54) is 0 Å². The third-order valence-corrected chi connectivity index (χ3v) is 3.21. The second-order valence-electron chi connectivity index (χ2n) is 4.84. The maximum absolute atomic E-state index is 5.65. The van der Waals surface area contributed by atoms with Crippen LogP contribution in [0.1, 0.15) is 25.0 Å². The molecule has 1 aromatic rings. The van der Waals surface area contributed by atoms with Crippen LogP contribution in [0.2, 0.25) is 0 Å². The van der Waals surface area contributed by atoms with E-state index in [4.69, 9.17) is 22.7 Å². The lowest BCUT2D eigenvalue weighted by Crippen LogP contribution is -2.30. The highest BCUT2D eigenvalue weighted by molar-refractivity contribution is 7.80. The van der Waals surface area contributed by atoms with Crippen LogP contribution in [0.5, 0.6) is 0 Å². The summed E-state index contributed by atoms with van der Waals surface area (Å²) in [6.45, 7) is 7.05. The minimum absolute atomic E-state index is 0.296. The van der Waals surface area contributed by atoms with Crippen LogP contribution in [0.25, 0.3) is 0 Å². The molecule has 0 fully saturated rings. The van der Waals surface area contributed by atoms with Crippen LogP contribution >= 0.6 is 12.2 Å². The van der Waals surface area contributed by atoms with Gasteiger partial charge in [0.05, 0.1) is 12.6 Å². The van der Waals surface area contributed by atoms with Crippen LogP contribution in [0.3, 0.4) is 0 Å². The topological polar surface area (TPSA) is 47.3 Å². The van der Waals surface area contributed by atoms with Gasteiger partial charge in [-0.3, -0.25) is 0 Å². The average Bonchev–Trinajstić information content (AvgIpc) is 2.27. The van der Waals surface area contributed by atoms with E-state index < -0.39 is 0 Å². The Morgan fingerprint density at radius 1 is 1.44 bits per heavy atom. The molecular formula is C14H22N2OS. The van der Waals surface area contributed by atoms with Crippen molar-refractivity contribution in [3.05, 3.63) is 29.3 Å². The van der Waals surface area contributed by atoms with Crippen LogP contribution in [-0.4, -0.2) is 24.7 Å². The number of nitrogens with two attached hydrogens (primary N) is 1. The molecule has 0 spiro atoms. The summed E-state index contributed by atoms with van der Waals surface area (Å²) in [7, 11) is 1.72. The summed E-state index contributed by atoms with van der Waals surface area (Å²) < 4.78 is 5.23. The van der Waals surface area contributed by atoms with Gasteiger partial charge in [0.15, 0.2) is 0 Å². The molecule has 0 bridgehead atoms. The van der Waals surface area contributed by atoms with Gasteiger partial charge in [0.2, 0.25) is 0 Å². The van der Waals surface area contributed by atoms with Crippen molar-refractivity contribution in [2.24, 2.45) is 11.7 Å². The first-order valence-electron chi connectivity index (χ1n) is 6.11. The Balaban J connectivity index is 2.84. The Morgan fingerprint density at radius 2 is 2.11 bits per heavy atom. The zero-order valence-electron chi connectivity index (χ0n) is 11.5. The molecule has 0 aliphatic carbocycles. The summed E-state index contributed by atoms with van der Waals surface area (Å²) in [5.41, 5.74) is 8.75. The zero-order chi connectivity index (χ0) is 13.7. The van der Waals surface area contributed by atoms with E-state index in [1.807, 2.05) is 19.1 Å². The highest BCUT2D eigenvalue weighted by Crippen LogP contribution is 2.18. The number of ether oxygens (including phenoxy) is 1. The average molecular weight is 266 g/mol. The fraction of sp³-hybridized carbons (Fsp3) is 0.500. The Kier molecular flexibility index (Phi) is 5.56. The van der Waals surface area contributed by atoms with Crippen molar-refractivity contribution in [1.82, 2.24) is 0 Å². The molecular weight excluding hydrogens is 244 g/mol. The number of nitrogens with one attached hydrogen (secondary N) is 1. The Labute approximate surface area is 115 Å². The Hall–Kier alpha value is -1.13. The van der Waals surface area contributed by atoms with E-state index in [-0.39, 0.29) is 0 Å². The SMILES string of the molecule is COCC(Nc1ccc(C(N)=S)c(C)c1)C(C)C. The lowest BCUT2D eigenvalue weighted by molar-refractivity contribution is 0.171. The van der Waals surface area contributed by atoms with Gasteiger partial charge in [-0.05, 0) is 36.6 Å². The van der Waals surface area contributed by atoms with Crippen LogP contribution in [0, 0.1) is 12.8 Å².